The standard InChI is InChI=1S/C14H24N2O2S/c1-3-9-16-14(8-12-19(2,17)18)5-4-13-6-10-15-11-7-13/h6-7,10-11,14,16H,3-5,8-9,12H2,1-2H3. The van der Waals surface area contributed by atoms with E-state index in [1.54, 1.807) is 12.4 Å². The fraction of sp³-hybridized carbons (Fsp3) is 0.643. The number of rotatable bonds is 9. The molecule has 1 N–H and O–H groups in total. The number of sulfone groups is 1. The molecule has 4 nitrogen and oxygen atoms in total. The molecule has 1 aromatic heterocycles. The first-order valence-electron chi connectivity index (χ1n) is 6.81. The fourth-order valence-corrected chi connectivity index (χ4v) is 2.66. The maximum atomic E-state index is 11.2. The molecular weight excluding hydrogens is 260 g/mol. The van der Waals surface area contributed by atoms with Gasteiger partial charge in [-0.1, -0.05) is 6.92 Å². The van der Waals surface area contributed by atoms with Gasteiger partial charge >= 0.3 is 0 Å². The van der Waals surface area contributed by atoms with E-state index in [1.807, 2.05) is 12.1 Å². The molecule has 0 radical (unpaired) electrons. The van der Waals surface area contributed by atoms with Gasteiger partial charge in [-0.25, -0.2) is 8.42 Å². The fourth-order valence-electron chi connectivity index (χ4n) is 1.94. The van der Waals surface area contributed by atoms with Crippen molar-refractivity contribution in [3.63, 3.8) is 0 Å². The molecule has 1 rings (SSSR count). The van der Waals surface area contributed by atoms with Crippen LogP contribution in [0.1, 0.15) is 31.7 Å². The molecule has 0 fully saturated rings. The summed E-state index contributed by atoms with van der Waals surface area (Å²) in [5.41, 5.74) is 1.25. The lowest BCUT2D eigenvalue weighted by Gasteiger charge is -2.18. The van der Waals surface area contributed by atoms with Crippen molar-refractivity contribution in [2.24, 2.45) is 0 Å². The van der Waals surface area contributed by atoms with Crippen LogP contribution in [-0.4, -0.2) is 38.0 Å². The van der Waals surface area contributed by atoms with Crippen LogP contribution in [0.25, 0.3) is 0 Å². The number of nitrogens with zero attached hydrogens (tertiary/aromatic N) is 1. The highest BCUT2D eigenvalue weighted by molar-refractivity contribution is 7.90. The van der Waals surface area contributed by atoms with E-state index < -0.39 is 9.84 Å². The van der Waals surface area contributed by atoms with Crippen LogP contribution in [0.3, 0.4) is 0 Å². The summed E-state index contributed by atoms with van der Waals surface area (Å²) in [7, 11) is -2.88. The van der Waals surface area contributed by atoms with Crippen LogP contribution in [0.15, 0.2) is 24.5 Å². The summed E-state index contributed by atoms with van der Waals surface area (Å²) in [6, 6.07) is 4.28. The van der Waals surface area contributed by atoms with E-state index in [0.717, 1.165) is 25.8 Å². The second kappa shape index (κ2) is 8.27. The Hall–Kier alpha value is -0.940. The molecule has 0 aliphatic carbocycles. The summed E-state index contributed by atoms with van der Waals surface area (Å²) >= 11 is 0. The van der Waals surface area contributed by atoms with Gasteiger partial charge in [0.15, 0.2) is 0 Å². The van der Waals surface area contributed by atoms with Crippen molar-refractivity contribution in [2.45, 2.75) is 38.6 Å². The number of hydrogen-bond acceptors (Lipinski definition) is 4. The third-order valence-corrected chi connectivity index (χ3v) is 4.03. The average Bonchev–Trinajstić information content (AvgIpc) is 2.38. The van der Waals surface area contributed by atoms with Crippen LogP contribution in [0, 0.1) is 0 Å². The average molecular weight is 284 g/mol. The minimum Gasteiger partial charge on any atom is -0.314 e. The molecule has 19 heavy (non-hydrogen) atoms. The van der Waals surface area contributed by atoms with Gasteiger partial charge < -0.3 is 5.32 Å². The number of aromatic nitrogens is 1. The maximum absolute atomic E-state index is 11.2. The molecule has 0 amide bonds. The highest BCUT2D eigenvalue weighted by Gasteiger charge is 2.11. The lowest BCUT2D eigenvalue weighted by molar-refractivity contribution is 0.466. The van der Waals surface area contributed by atoms with Crippen molar-refractivity contribution in [2.75, 3.05) is 18.6 Å². The Morgan fingerprint density at radius 1 is 1.26 bits per heavy atom. The Morgan fingerprint density at radius 3 is 2.53 bits per heavy atom. The van der Waals surface area contributed by atoms with Crippen molar-refractivity contribution in [3.05, 3.63) is 30.1 Å². The third kappa shape index (κ3) is 7.95. The molecule has 1 atom stereocenters. The molecule has 0 saturated carbocycles. The van der Waals surface area contributed by atoms with E-state index in [9.17, 15) is 8.42 Å². The summed E-state index contributed by atoms with van der Waals surface area (Å²) in [6.45, 7) is 3.05. The van der Waals surface area contributed by atoms with Gasteiger partial charge in [-0.2, -0.15) is 0 Å². The zero-order valence-electron chi connectivity index (χ0n) is 11.8. The lowest BCUT2D eigenvalue weighted by atomic mass is 10.0. The predicted octanol–water partition coefficient (Wildman–Crippen LogP) is 1.82. The summed E-state index contributed by atoms with van der Waals surface area (Å²) in [5, 5.41) is 3.43. The minimum atomic E-state index is -2.88. The smallest absolute Gasteiger partial charge is 0.147 e. The summed E-state index contributed by atoms with van der Waals surface area (Å²) in [4.78, 5) is 4.00. The van der Waals surface area contributed by atoms with Crippen molar-refractivity contribution >= 4 is 9.84 Å². The summed E-state index contributed by atoms with van der Waals surface area (Å²) in [5.74, 6) is 0.255. The molecule has 0 spiro atoms. The molecular formula is C14H24N2O2S. The monoisotopic (exact) mass is 284 g/mol. The van der Waals surface area contributed by atoms with Crippen LogP contribution in [0.5, 0.6) is 0 Å². The van der Waals surface area contributed by atoms with Crippen LogP contribution >= 0.6 is 0 Å². The van der Waals surface area contributed by atoms with E-state index in [2.05, 4.69) is 17.2 Å². The van der Waals surface area contributed by atoms with E-state index >= 15 is 0 Å². The molecule has 0 bridgehead atoms. The molecule has 5 heteroatoms. The molecule has 0 aromatic carbocycles. The Balaban J connectivity index is 2.44. The van der Waals surface area contributed by atoms with Gasteiger partial charge in [-0.15, -0.1) is 0 Å². The van der Waals surface area contributed by atoms with Crippen molar-refractivity contribution in [3.8, 4) is 0 Å². The van der Waals surface area contributed by atoms with E-state index in [0.29, 0.717) is 6.42 Å². The van der Waals surface area contributed by atoms with Crippen LogP contribution in [-0.2, 0) is 16.3 Å². The molecule has 108 valence electrons. The molecule has 0 saturated heterocycles. The Bertz CT molecular complexity index is 446. The molecule has 0 aliphatic rings. The largest absolute Gasteiger partial charge is 0.314 e. The topological polar surface area (TPSA) is 59.1 Å². The van der Waals surface area contributed by atoms with Gasteiger partial charge in [0.1, 0.15) is 9.84 Å². The number of aryl methyl sites for hydroxylation is 1. The Kier molecular flexibility index (Phi) is 7.02. The summed E-state index contributed by atoms with van der Waals surface area (Å²) in [6.07, 6.45) is 8.54. The van der Waals surface area contributed by atoms with Gasteiger partial charge in [-0.05, 0) is 49.9 Å². The van der Waals surface area contributed by atoms with Gasteiger partial charge in [0.05, 0.1) is 5.75 Å². The minimum absolute atomic E-state index is 0.255. The Labute approximate surface area is 116 Å². The highest BCUT2D eigenvalue weighted by Crippen LogP contribution is 2.08. The van der Waals surface area contributed by atoms with E-state index in [4.69, 9.17) is 0 Å². The van der Waals surface area contributed by atoms with Crippen molar-refractivity contribution in [1.82, 2.24) is 10.3 Å². The van der Waals surface area contributed by atoms with Gasteiger partial charge in [0.2, 0.25) is 0 Å². The van der Waals surface area contributed by atoms with Crippen molar-refractivity contribution in [1.29, 1.82) is 0 Å². The maximum Gasteiger partial charge on any atom is 0.147 e. The van der Waals surface area contributed by atoms with Crippen LogP contribution < -0.4 is 5.32 Å². The molecule has 1 heterocycles. The van der Waals surface area contributed by atoms with Gasteiger partial charge in [0, 0.05) is 24.7 Å². The van der Waals surface area contributed by atoms with Crippen molar-refractivity contribution < 1.29 is 8.42 Å². The number of nitrogens with one attached hydrogen (secondary N) is 1. The van der Waals surface area contributed by atoms with E-state index in [-0.39, 0.29) is 11.8 Å². The van der Waals surface area contributed by atoms with E-state index in [1.165, 1.54) is 11.8 Å². The predicted molar refractivity (Wildman–Crippen MR) is 79.0 cm³/mol. The van der Waals surface area contributed by atoms with Gasteiger partial charge in [0.25, 0.3) is 0 Å². The third-order valence-electron chi connectivity index (χ3n) is 3.05. The van der Waals surface area contributed by atoms with Gasteiger partial charge in [-0.3, -0.25) is 4.98 Å². The normalized spacial score (nSPS) is 13.4. The first-order valence-corrected chi connectivity index (χ1v) is 8.87. The summed E-state index contributed by atoms with van der Waals surface area (Å²) < 4.78 is 22.5. The zero-order valence-corrected chi connectivity index (χ0v) is 12.6. The quantitative estimate of drug-likeness (QED) is 0.751. The highest BCUT2D eigenvalue weighted by atomic mass is 32.2. The second-order valence-electron chi connectivity index (χ2n) is 4.96. The first-order chi connectivity index (χ1) is 9.01. The molecule has 1 unspecified atom stereocenters. The number of pyridine rings is 1. The molecule has 1 aromatic rings. The zero-order chi connectivity index (χ0) is 14.1. The Morgan fingerprint density at radius 2 is 1.95 bits per heavy atom. The number of hydrogen-bond donors (Lipinski definition) is 1. The molecule has 0 aliphatic heterocycles. The first kappa shape index (κ1) is 16.1. The van der Waals surface area contributed by atoms with Crippen LogP contribution in [0.4, 0.5) is 0 Å². The van der Waals surface area contributed by atoms with Crippen LogP contribution in [0.2, 0.25) is 0 Å². The second-order valence-corrected chi connectivity index (χ2v) is 7.22. The SMILES string of the molecule is CCCNC(CCc1ccncc1)CCS(C)(=O)=O. The lowest BCUT2D eigenvalue weighted by Crippen LogP contribution is -2.32.